The van der Waals surface area contributed by atoms with Gasteiger partial charge in [-0.15, -0.1) is 11.8 Å². The van der Waals surface area contributed by atoms with Crippen LogP contribution in [0.5, 0.6) is 0 Å². The summed E-state index contributed by atoms with van der Waals surface area (Å²) in [4.78, 5) is 0.548. The number of halogens is 4. The summed E-state index contributed by atoms with van der Waals surface area (Å²) >= 11 is 1.28. The molecule has 2 rings (SSSR count). The Labute approximate surface area is 124 Å². The quantitative estimate of drug-likeness (QED) is 0.488. The molecule has 112 valence electrons. The molecule has 0 aliphatic carbocycles. The van der Waals surface area contributed by atoms with E-state index in [4.69, 9.17) is 5.73 Å². The number of hydrogen-bond acceptors (Lipinski definition) is 2. The van der Waals surface area contributed by atoms with Gasteiger partial charge in [-0.3, -0.25) is 0 Å². The minimum atomic E-state index is -4.41. The van der Waals surface area contributed by atoms with Crippen molar-refractivity contribution in [3.63, 3.8) is 0 Å². The molecular weight excluding hydrogens is 302 g/mol. The van der Waals surface area contributed by atoms with Crippen molar-refractivity contribution in [2.45, 2.75) is 23.7 Å². The number of rotatable bonds is 3. The predicted octanol–water partition coefficient (Wildman–Crippen LogP) is 5.03. The monoisotopic (exact) mass is 315 g/mol. The Morgan fingerprint density at radius 2 is 1.81 bits per heavy atom. The van der Waals surface area contributed by atoms with Crippen molar-refractivity contribution in [3.8, 4) is 0 Å². The molecule has 21 heavy (non-hydrogen) atoms. The zero-order valence-corrected chi connectivity index (χ0v) is 12.0. The Hall–Kier alpha value is -1.69. The number of alkyl halides is 3. The largest absolute Gasteiger partial charge is 0.416 e. The van der Waals surface area contributed by atoms with E-state index in [1.165, 1.54) is 30.0 Å². The fraction of sp³-hybridized carbons (Fsp3) is 0.200. The molecular formula is C15H13F4NS. The van der Waals surface area contributed by atoms with E-state index in [1.54, 1.807) is 6.07 Å². The average Bonchev–Trinajstić information content (AvgIpc) is 2.40. The van der Waals surface area contributed by atoms with Gasteiger partial charge in [-0.05, 0) is 48.4 Å². The first kappa shape index (κ1) is 15.7. The van der Waals surface area contributed by atoms with Crippen LogP contribution >= 0.6 is 11.8 Å². The normalized spacial score (nSPS) is 11.7. The van der Waals surface area contributed by atoms with Gasteiger partial charge >= 0.3 is 6.18 Å². The molecule has 0 saturated carbocycles. The van der Waals surface area contributed by atoms with E-state index in [1.807, 2.05) is 6.92 Å². The molecule has 2 aromatic rings. The van der Waals surface area contributed by atoms with Crippen LogP contribution in [0.1, 0.15) is 16.7 Å². The lowest BCUT2D eigenvalue weighted by Gasteiger charge is -2.11. The highest BCUT2D eigenvalue weighted by Crippen LogP contribution is 2.35. The Kier molecular flexibility index (Phi) is 4.46. The van der Waals surface area contributed by atoms with Crippen LogP contribution < -0.4 is 5.73 Å². The first-order valence-corrected chi connectivity index (χ1v) is 7.10. The van der Waals surface area contributed by atoms with Gasteiger partial charge in [0.2, 0.25) is 0 Å². The summed E-state index contributed by atoms with van der Waals surface area (Å²) in [5.74, 6) is 0.107. The molecule has 2 aromatic carbocycles. The van der Waals surface area contributed by atoms with E-state index in [2.05, 4.69) is 0 Å². The van der Waals surface area contributed by atoms with Gasteiger partial charge in [0.15, 0.2) is 0 Å². The first-order valence-electron chi connectivity index (χ1n) is 6.12. The maximum atomic E-state index is 13.2. The molecule has 0 bridgehead atoms. The molecule has 2 N–H and O–H groups in total. The zero-order chi connectivity index (χ0) is 15.6. The molecule has 0 saturated heterocycles. The summed E-state index contributed by atoms with van der Waals surface area (Å²) in [5, 5.41) is 0. The molecule has 0 aromatic heterocycles. The molecule has 0 heterocycles. The van der Waals surface area contributed by atoms with Crippen molar-refractivity contribution in [1.29, 1.82) is 0 Å². The maximum absolute atomic E-state index is 13.2. The second kappa shape index (κ2) is 5.97. The van der Waals surface area contributed by atoms with E-state index >= 15 is 0 Å². The van der Waals surface area contributed by atoms with Crippen LogP contribution in [0, 0.1) is 12.7 Å². The van der Waals surface area contributed by atoms with Crippen LogP contribution in [0.2, 0.25) is 0 Å². The van der Waals surface area contributed by atoms with Crippen LogP contribution in [-0.4, -0.2) is 0 Å². The predicted molar refractivity (Wildman–Crippen MR) is 76.6 cm³/mol. The smallest absolute Gasteiger partial charge is 0.398 e. The third kappa shape index (κ3) is 3.91. The van der Waals surface area contributed by atoms with Crippen LogP contribution in [0.15, 0.2) is 41.3 Å². The molecule has 0 aliphatic heterocycles. The molecule has 0 unspecified atom stereocenters. The topological polar surface area (TPSA) is 26.0 Å². The molecule has 0 spiro atoms. The summed E-state index contributed by atoms with van der Waals surface area (Å²) in [6.45, 7) is 1.85. The molecule has 0 atom stereocenters. The molecule has 1 nitrogen and oxygen atoms in total. The van der Waals surface area contributed by atoms with Crippen molar-refractivity contribution in [2.24, 2.45) is 0 Å². The van der Waals surface area contributed by atoms with Crippen LogP contribution in [0.25, 0.3) is 0 Å². The molecule has 0 amide bonds. The number of hydrogen-bond donors (Lipinski definition) is 1. The van der Waals surface area contributed by atoms with Gasteiger partial charge < -0.3 is 5.73 Å². The Morgan fingerprint density at radius 1 is 1.10 bits per heavy atom. The number of nitrogen functional groups attached to an aromatic ring is 1. The van der Waals surface area contributed by atoms with Crippen molar-refractivity contribution in [3.05, 3.63) is 58.9 Å². The van der Waals surface area contributed by atoms with Gasteiger partial charge in [0, 0.05) is 16.3 Å². The molecule has 0 radical (unpaired) electrons. The van der Waals surface area contributed by atoms with E-state index in [0.717, 1.165) is 23.3 Å². The molecule has 0 aliphatic rings. The number of benzene rings is 2. The summed E-state index contributed by atoms with van der Waals surface area (Å²) in [6, 6.07) is 7.72. The minimum absolute atomic E-state index is 0.0730. The number of nitrogens with two attached hydrogens (primary N) is 1. The highest BCUT2D eigenvalue weighted by Gasteiger charge is 2.30. The number of aryl methyl sites for hydroxylation is 1. The fourth-order valence-corrected chi connectivity index (χ4v) is 2.82. The maximum Gasteiger partial charge on any atom is 0.416 e. The second-order valence-corrected chi connectivity index (χ2v) is 5.63. The Morgan fingerprint density at radius 3 is 2.43 bits per heavy atom. The Balaban J connectivity index is 2.15. The lowest BCUT2D eigenvalue weighted by Crippen LogP contribution is -2.05. The van der Waals surface area contributed by atoms with E-state index in [0.29, 0.717) is 10.6 Å². The molecule has 6 heteroatoms. The standard InChI is InChI=1S/C15H13F4NS/c1-9-2-4-12(16)6-10(9)8-21-14-5-3-11(7-13(14)20)15(17,18)19/h2-7H,8,20H2,1H3. The molecule has 0 fully saturated rings. The second-order valence-electron chi connectivity index (χ2n) is 4.61. The van der Waals surface area contributed by atoms with Crippen LogP contribution in [0.3, 0.4) is 0 Å². The third-order valence-electron chi connectivity index (χ3n) is 3.03. The summed E-state index contributed by atoms with van der Waals surface area (Å²) in [7, 11) is 0. The van der Waals surface area contributed by atoms with Gasteiger partial charge in [0.05, 0.1) is 5.56 Å². The number of thioether (sulfide) groups is 1. The van der Waals surface area contributed by atoms with Crippen molar-refractivity contribution in [2.75, 3.05) is 5.73 Å². The van der Waals surface area contributed by atoms with Crippen LogP contribution in [0.4, 0.5) is 23.2 Å². The van der Waals surface area contributed by atoms with Gasteiger partial charge in [0.25, 0.3) is 0 Å². The summed E-state index contributed by atoms with van der Waals surface area (Å²) < 4.78 is 50.8. The fourth-order valence-electron chi connectivity index (χ4n) is 1.81. The highest BCUT2D eigenvalue weighted by molar-refractivity contribution is 7.98. The lowest BCUT2D eigenvalue weighted by atomic mass is 10.1. The Bertz CT molecular complexity index is 653. The summed E-state index contributed by atoms with van der Waals surface area (Å²) in [5.41, 5.74) is 6.67. The summed E-state index contributed by atoms with van der Waals surface area (Å²) in [6.07, 6.45) is -4.41. The average molecular weight is 315 g/mol. The third-order valence-corrected chi connectivity index (χ3v) is 4.17. The van der Waals surface area contributed by atoms with E-state index in [9.17, 15) is 17.6 Å². The van der Waals surface area contributed by atoms with Gasteiger partial charge in [-0.1, -0.05) is 6.07 Å². The van der Waals surface area contributed by atoms with Crippen molar-refractivity contribution >= 4 is 17.4 Å². The highest BCUT2D eigenvalue weighted by atomic mass is 32.2. The first-order chi connectivity index (χ1) is 9.77. The van der Waals surface area contributed by atoms with Crippen molar-refractivity contribution < 1.29 is 17.6 Å². The SMILES string of the molecule is Cc1ccc(F)cc1CSc1ccc(C(F)(F)F)cc1N. The van der Waals surface area contributed by atoms with E-state index in [-0.39, 0.29) is 11.5 Å². The minimum Gasteiger partial charge on any atom is -0.398 e. The number of anilines is 1. The van der Waals surface area contributed by atoms with E-state index < -0.39 is 11.7 Å². The lowest BCUT2D eigenvalue weighted by molar-refractivity contribution is -0.137. The van der Waals surface area contributed by atoms with Gasteiger partial charge in [-0.2, -0.15) is 13.2 Å². The van der Waals surface area contributed by atoms with Gasteiger partial charge in [-0.25, -0.2) is 4.39 Å². The van der Waals surface area contributed by atoms with Crippen molar-refractivity contribution in [1.82, 2.24) is 0 Å². The zero-order valence-electron chi connectivity index (χ0n) is 11.2. The van der Waals surface area contributed by atoms with Gasteiger partial charge in [0.1, 0.15) is 5.82 Å². The van der Waals surface area contributed by atoms with Crippen LogP contribution in [-0.2, 0) is 11.9 Å².